The summed E-state index contributed by atoms with van der Waals surface area (Å²) >= 11 is -4.66. The Bertz CT molecular complexity index is 2740. The minimum Gasteiger partial charge on any atom is -0.147 e. The van der Waals surface area contributed by atoms with E-state index in [1.165, 1.54) is 44.5 Å². The summed E-state index contributed by atoms with van der Waals surface area (Å²) in [6.07, 6.45) is 14.6. The average Bonchev–Trinajstić information content (AvgIpc) is 4.16. The summed E-state index contributed by atoms with van der Waals surface area (Å²) < 4.78 is 7.37. The van der Waals surface area contributed by atoms with Crippen molar-refractivity contribution in [3.8, 4) is 0 Å². The van der Waals surface area contributed by atoms with Gasteiger partial charge >= 0.3 is 414 Å². The fraction of sp³-hybridized carbons (Fsp3) is 0.161. The van der Waals surface area contributed by atoms with Crippen molar-refractivity contribution >= 4 is 68.5 Å². The Morgan fingerprint density at radius 1 is 0.294 bits per heavy atom. The van der Waals surface area contributed by atoms with Gasteiger partial charge in [0.15, 0.2) is 0 Å². The van der Waals surface area contributed by atoms with Crippen LogP contribution in [0.25, 0.3) is 22.3 Å². The Kier molecular flexibility index (Phi) is 18.5. The zero-order valence-corrected chi connectivity index (χ0v) is 51.1. The quantitative estimate of drug-likeness (QED) is 0.120. The van der Waals surface area contributed by atoms with E-state index in [1.807, 2.05) is 13.3 Å². The predicted molar refractivity (Wildman–Crippen MR) is 297 cm³/mol. The van der Waals surface area contributed by atoms with E-state index in [0.29, 0.717) is 0 Å². The number of benzene rings is 6. The average molecular weight is 1290 g/mol. The Labute approximate surface area is 434 Å². The van der Waals surface area contributed by atoms with Gasteiger partial charge < -0.3 is 0 Å². The third kappa shape index (κ3) is 11.8. The number of allylic oxidation sites excluding steroid dienone is 16. The topological polar surface area (TPSA) is 0 Å². The van der Waals surface area contributed by atoms with Crippen molar-refractivity contribution < 1.29 is 40.1 Å². The molecular formula is C62H62Cl2Hf2Si2. The smallest absolute Gasteiger partial charge is 0.147 e. The first-order valence-electron chi connectivity index (χ1n) is 23.6. The van der Waals surface area contributed by atoms with Crippen LogP contribution < -0.4 is 10.4 Å². The van der Waals surface area contributed by atoms with E-state index < -0.39 is 51.1 Å². The third-order valence-corrected chi connectivity index (χ3v) is 66.9. The van der Waals surface area contributed by atoms with Crippen LogP contribution >= 0.6 is 24.8 Å². The minimum atomic E-state index is -2.33. The first-order valence-corrected chi connectivity index (χ1v) is 45.6. The van der Waals surface area contributed by atoms with Crippen molar-refractivity contribution in [1.82, 2.24) is 0 Å². The first-order chi connectivity index (χ1) is 32.2. The van der Waals surface area contributed by atoms with Crippen LogP contribution in [0.3, 0.4) is 0 Å². The van der Waals surface area contributed by atoms with Crippen LogP contribution in [0.2, 0.25) is 13.1 Å². The van der Waals surface area contributed by atoms with E-state index in [9.17, 15) is 0 Å². The van der Waals surface area contributed by atoms with Crippen molar-refractivity contribution in [3.63, 3.8) is 0 Å². The van der Waals surface area contributed by atoms with Crippen LogP contribution in [-0.4, -0.2) is 11.0 Å². The van der Waals surface area contributed by atoms with E-state index in [0.717, 1.165) is 25.7 Å². The van der Waals surface area contributed by atoms with E-state index >= 15 is 0 Å². The van der Waals surface area contributed by atoms with Crippen LogP contribution in [0.1, 0.15) is 75.6 Å². The molecule has 68 heavy (non-hydrogen) atoms. The van der Waals surface area contributed by atoms with Gasteiger partial charge in [-0.15, -0.1) is 24.8 Å². The van der Waals surface area contributed by atoms with Crippen molar-refractivity contribution in [3.05, 3.63) is 264 Å². The zero-order chi connectivity index (χ0) is 45.6. The molecule has 4 aliphatic carbocycles. The van der Waals surface area contributed by atoms with E-state index in [-0.39, 0.29) is 24.8 Å². The molecule has 0 saturated heterocycles. The van der Waals surface area contributed by atoms with Gasteiger partial charge in [0.05, 0.1) is 0 Å². The second-order valence-corrected chi connectivity index (χ2v) is 60.3. The summed E-state index contributed by atoms with van der Waals surface area (Å²) in [6.45, 7) is 14.8. The summed E-state index contributed by atoms with van der Waals surface area (Å²) in [7, 11) is 0. The van der Waals surface area contributed by atoms with Crippen molar-refractivity contribution in [2.75, 3.05) is 0 Å². The second-order valence-electron chi connectivity index (χ2n) is 18.2. The van der Waals surface area contributed by atoms with Gasteiger partial charge in [0.2, 0.25) is 0 Å². The molecule has 0 bridgehead atoms. The summed E-state index contributed by atoms with van der Waals surface area (Å²) in [4.78, 5) is 0. The van der Waals surface area contributed by atoms with Gasteiger partial charge in [-0.1, -0.05) is 0 Å². The molecule has 340 valence electrons. The predicted octanol–water partition coefficient (Wildman–Crippen LogP) is 16.2. The van der Waals surface area contributed by atoms with E-state index in [1.54, 1.807) is 32.7 Å². The molecule has 6 aromatic rings. The van der Waals surface area contributed by atoms with Gasteiger partial charge in [0.1, 0.15) is 0 Å². The van der Waals surface area contributed by atoms with Gasteiger partial charge in [0.25, 0.3) is 0 Å². The molecule has 0 amide bonds. The summed E-state index contributed by atoms with van der Waals surface area (Å²) in [5.74, 6) is 0. The number of rotatable bonds is 10. The fourth-order valence-corrected chi connectivity index (χ4v) is 67.4. The molecule has 0 fully saturated rings. The van der Waals surface area contributed by atoms with Crippen LogP contribution in [0.5, 0.6) is 0 Å². The second kappa shape index (κ2) is 24.2. The molecule has 6 aromatic carbocycles. The maximum Gasteiger partial charge on any atom is -0.147 e. The summed E-state index contributed by atoms with van der Waals surface area (Å²) in [5, 5.41) is 3.23. The number of halogens is 2. The Balaban J connectivity index is 0.000000196. The molecule has 0 N–H and O–H groups in total. The van der Waals surface area contributed by atoms with Gasteiger partial charge in [-0.05, 0) is 0 Å². The first kappa shape index (κ1) is 51.8. The van der Waals surface area contributed by atoms with Crippen LogP contribution in [0, 0.1) is 0 Å². The molecular weight excluding hydrogens is 1230 g/mol. The minimum absolute atomic E-state index is 0. The maximum atomic E-state index is 2.61. The van der Waals surface area contributed by atoms with E-state index in [4.69, 9.17) is 0 Å². The standard InChI is InChI=1S/4C12H11.2C7H8Si.2ClH.2Hf/c4*1-10-7-8-12(9-10)11-5-3-2-4-6-11;2*1-8-7-5-3-2-4-6-7;;;;/h4*2-6,9H,8H2,1H3;2*2-6H,1H3;2*1H;;. The van der Waals surface area contributed by atoms with Crippen molar-refractivity contribution in [2.24, 2.45) is 0 Å². The summed E-state index contributed by atoms with van der Waals surface area (Å²) in [6, 6.07) is 66.9. The third-order valence-electron chi connectivity index (χ3n) is 13.9. The van der Waals surface area contributed by atoms with Crippen LogP contribution in [-0.2, 0) is 40.1 Å². The van der Waals surface area contributed by atoms with Crippen molar-refractivity contribution in [2.45, 2.75) is 66.5 Å². The molecule has 0 saturated carbocycles. The fourth-order valence-electron chi connectivity index (χ4n) is 10.3. The van der Waals surface area contributed by atoms with Crippen LogP contribution in [0.15, 0.2) is 242 Å². The largest absolute Gasteiger partial charge is 0.147 e. The Morgan fingerprint density at radius 2 is 0.485 bits per heavy atom. The summed E-state index contributed by atoms with van der Waals surface area (Å²) in [5.41, 5.74) is 16.6. The molecule has 0 aliphatic heterocycles. The van der Waals surface area contributed by atoms with Gasteiger partial charge in [-0.2, -0.15) is 0 Å². The zero-order valence-electron chi connectivity index (χ0n) is 40.3. The normalized spacial score (nSPS) is 15.1. The molecule has 10 rings (SSSR count). The number of hydrogen-bond acceptors (Lipinski definition) is 0. The van der Waals surface area contributed by atoms with Crippen LogP contribution in [0.4, 0.5) is 0 Å². The SMILES string of the molecule is CC1=[C]([Hf]([C]2=C(C)C=C(c3ccccc3)C2)=[Si](C)c2ccccc2)CC(c2ccccc2)=C1.CC1=[C]([Hf]([C]2=C(C)C=C(c3ccccc3)C2)=[Si](C)c2ccccc2)CC(c2ccccc2)=C1.Cl.Cl. The molecule has 4 aliphatic rings. The molecule has 0 spiro atoms. The molecule has 0 radical (unpaired) electrons. The van der Waals surface area contributed by atoms with Gasteiger partial charge in [-0.3, -0.25) is 0 Å². The van der Waals surface area contributed by atoms with Gasteiger partial charge in [-0.25, -0.2) is 0 Å². The molecule has 0 heterocycles. The van der Waals surface area contributed by atoms with E-state index in [2.05, 4.69) is 247 Å². The Morgan fingerprint density at radius 3 is 0.691 bits per heavy atom. The number of hydrogen-bond donors (Lipinski definition) is 0. The van der Waals surface area contributed by atoms with Gasteiger partial charge in [0, 0.05) is 0 Å². The monoisotopic (exact) mass is 1290 g/mol. The molecule has 6 heteroatoms. The Hall–Kier alpha value is -4.01. The molecule has 0 atom stereocenters. The molecule has 0 unspecified atom stereocenters. The maximum absolute atomic E-state index is 2.61. The molecule has 0 aromatic heterocycles. The van der Waals surface area contributed by atoms with Crippen molar-refractivity contribution in [1.29, 1.82) is 0 Å². The molecule has 0 nitrogen and oxygen atoms in total.